The fourth-order valence-corrected chi connectivity index (χ4v) is 2.45. The summed E-state index contributed by atoms with van der Waals surface area (Å²) >= 11 is 11.4. The molecule has 0 aromatic heterocycles. The van der Waals surface area contributed by atoms with Crippen LogP contribution < -0.4 is 5.32 Å². The van der Waals surface area contributed by atoms with Gasteiger partial charge >= 0.3 is 0 Å². The van der Waals surface area contributed by atoms with E-state index in [0.29, 0.717) is 5.69 Å². The molecule has 0 heterocycles. The zero-order chi connectivity index (χ0) is 11.7. The summed E-state index contributed by atoms with van der Waals surface area (Å²) in [6.45, 7) is 0. The van der Waals surface area contributed by atoms with Crippen molar-refractivity contribution in [3.05, 3.63) is 28.0 Å². The molecular formula is C11H12Cl2FNO. The second-order valence-electron chi connectivity index (χ2n) is 4.00. The Morgan fingerprint density at radius 1 is 1.25 bits per heavy atom. The van der Waals surface area contributed by atoms with Crippen LogP contribution in [0.3, 0.4) is 0 Å². The van der Waals surface area contributed by atoms with Crippen LogP contribution in [0, 0.1) is 5.82 Å². The van der Waals surface area contributed by atoms with E-state index in [1.54, 1.807) is 0 Å². The van der Waals surface area contributed by atoms with Crippen molar-refractivity contribution in [3.63, 3.8) is 0 Å². The van der Waals surface area contributed by atoms with Crippen LogP contribution in [0.5, 0.6) is 0 Å². The number of anilines is 1. The highest BCUT2D eigenvalue weighted by Crippen LogP contribution is 2.29. The Balaban J connectivity index is 2.15. The van der Waals surface area contributed by atoms with E-state index in [4.69, 9.17) is 23.2 Å². The third-order valence-corrected chi connectivity index (χ3v) is 3.37. The van der Waals surface area contributed by atoms with Gasteiger partial charge in [-0.15, -0.1) is 0 Å². The van der Waals surface area contributed by atoms with Crippen LogP contribution in [0.1, 0.15) is 19.3 Å². The number of halogens is 3. The lowest BCUT2D eigenvalue weighted by atomic mass is 10.2. The lowest BCUT2D eigenvalue weighted by molar-refractivity contribution is 0.172. The third kappa shape index (κ3) is 2.42. The van der Waals surface area contributed by atoms with E-state index < -0.39 is 5.82 Å². The van der Waals surface area contributed by atoms with E-state index >= 15 is 0 Å². The Morgan fingerprint density at radius 3 is 2.38 bits per heavy atom. The zero-order valence-corrected chi connectivity index (χ0v) is 10.0. The van der Waals surface area contributed by atoms with Gasteiger partial charge in [0.15, 0.2) is 5.82 Å². The van der Waals surface area contributed by atoms with E-state index in [1.165, 1.54) is 12.1 Å². The molecule has 1 fully saturated rings. The first kappa shape index (κ1) is 12.0. The summed E-state index contributed by atoms with van der Waals surface area (Å²) < 4.78 is 13.2. The van der Waals surface area contributed by atoms with Crippen molar-refractivity contribution < 1.29 is 9.50 Å². The number of hydrogen-bond acceptors (Lipinski definition) is 2. The molecule has 16 heavy (non-hydrogen) atoms. The van der Waals surface area contributed by atoms with Gasteiger partial charge in [0.1, 0.15) is 0 Å². The van der Waals surface area contributed by atoms with Crippen LogP contribution in [0.4, 0.5) is 10.1 Å². The maximum atomic E-state index is 13.2. The third-order valence-electron chi connectivity index (χ3n) is 2.82. The Labute approximate surface area is 103 Å². The maximum absolute atomic E-state index is 13.2. The normalized spacial score (nSPS) is 24.8. The summed E-state index contributed by atoms with van der Waals surface area (Å²) in [5.74, 6) is -0.610. The molecule has 1 aliphatic carbocycles. The number of aliphatic hydroxyl groups excluding tert-OH is 1. The van der Waals surface area contributed by atoms with Crippen LogP contribution in [0.15, 0.2) is 12.1 Å². The summed E-state index contributed by atoms with van der Waals surface area (Å²) in [6, 6.07) is 2.96. The Kier molecular flexibility index (Phi) is 3.57. The van der Waals surface area contributed by atoms with Gasteiger partial charge in [0.05, 0.1) is 22.2 Å². The Bertz CT molecular complexity index is 377. The molecule has 1 saturated carbocycles. The van der Waals surface area contributed by atoms with Gasteiger partial charge in [0.25, 0.3) is 0 Å². The first-order chi connectivity index (χ1) is 7.58. The maximum Gasteiger partial charge on any atom is 0.160 e. The molecule has 2 nitrogen and oxygen atoms in total. The predicted molar refractivity (Wildman–Crippen MR) is 63.7 cm³/mol. The molecule has 2 rings (SSSR count). The molecule has 1 aliphatic rings. The van der Waals surface area contributed by atoms with Crippen molar-refractivity contribution in [1.29, 1.82) is 0 Å². The molecule has 0 saturated heterocycles. The monoisotopic (exact) mass is 263 g/mol. The van der Waals surface area contributed by atoms with Crippen LogP contribution in [0.25, 0.3) is 0 Å². The summed E-state index contributed by atoms with van der Waals surface area (Å²) in [5, 5.41) is 12.7. The molecule has 0 radical (unpaired) electrons. The Morgan fingerprint density at radius 2 is 1.88 bits per heavy atom. The number of aliphatic hydroxyl groups is 1. The van der Waals surface area contributed by atoms with Crippen molar-refractivity contribution >= 4 is 28.9 Å². The first-order valence-electron chi connectivity index (χ1n) is 5.17. The topological polar surface area (TPSA) is 32.3 Å². The van der Waals surface area contributed by atoms with Crippen molar-refractivity contribution in [3.8, 4) is 0 Å². The number of benzene rings is 1. The minimum absolute atomic E-state index is 0.00223. The molecule has 1 aromatic rings. The highest BCUT2D eigenvalue weighted by molar-refractivity contribution is 6.35. The smallest absolute Gasteiger partial charge is 0.160 e. The number of rotatable bonds is 2. The van der Waals surface area contributed by atoms with Gasteiger partial charge in [-0.05, 0) is 31.4 Å². The van der Waals surface area contributed by atoms with E-state index in [2.05, 4.69) is 5.32 Å². The van der Waals surface area contributed by atoms with E-state index in [9.17, 15) is 9.50 Å². The van der Waals surface area contributed by atoms with E-state index in [0.717, 1.165) is 19.3 Å². The average molecular weight is 264 g/mol. The number of hydrogen-bond donors (Lipinski definition) is 2. The molecule has 5 heteroatoms. The molecule has 0 aliphatic heterocycles. The minimum Gasteiger partial charge on any atom is -0.391 e. The summed E-state index contributed by atoms with van der Waals surface area (Å²) in [7, 11) is 0. The van der Waals surface area contributed by atoms with Crippen LogP contribution in [0.2, 0.25) is 10.0 Å². The summed E-state index contributed by atoms with van der Waals surface area (Å²) in [4.78, 5) is 0. The van der Waals surface area contributed by atoms with E-state index in [1.807, 2.05) is 0 Å². The lowest BCUT2D eigenvalue weighted by Crippen LogP contribution is -2.27. The highest BCUT2D eigenvalue weighted by Gasteiger charge is 2.25. The predicted octanol–water partition coefficient (Wildman–Crippen LogP) is 3.46. The molecule has 2 atom stereocenters. The van der Waals surface area contributed by atoms with Gasteiger partial charge in [-0.3, -0.25) is 0 Å². The van der Waals surface area contributed by atoms with Gasteiger partial charge in [-0.25, -0.2) is 4.39 Å². The second-order valence-corrected chi connectivity index (χ2v) is 4.82. The molecule has 0 amide bonds. The van der Waals surface area contributed by atoms with Crippen molar-refractivity contribution in [2.24, 2.45) is 0 Å². The molecule has 2 N–H and O–H groups in total. The standard InChI is InChI=1S/C11H12Cl2FNO/c12-7-4-6(5-8(13)11(7)14)15-9-2-1-3-10(9)16/h4-5,9-10,15-16H,1-3H2/t9-,10-/m1/s1. The SMILES string of the molecule is O[C@@H]1CCC[C@H]1Nc1cc(Cl)c(F)c(Cl)c1. The van der Waals surface area contributed by atoms with E-state index in [-0.39, 0.29) is 22.2 Å². The molecule has 0 unspecified atom stereocenters. The van der Waals surface area contributed by atoms with Crippen molar-refractivity contribution in [2.45, 2.75) is 31.4 Å². The first-order valence-corrected chi connectivity index (χ1v) is 5.92. The molecular weight excluding hydrogens is 252 g/mol. The minimum atomic E-state index is -0.610. The largest absolute Gasteiger partial charge is 0.391 e. The van der Waals surface area contributed by atoms with Gasteiger partial charge < -0.3 is 10.4 Å². The Hall–Kier alpha value is -0.510. The molecule has 1 aromatic carbocycles. The van der Waals surface area contributed by atoms with Gasteiger partial charge in [0.2, 0.25) is 0 Å². The van der Waals surface area contributed by atoms with Crippen LogP contribution in [-0.4, -0.2) is 17.3 Å². The lowest BCUT2D eigenvalue weighted by Gasteiger charge is -2.18. The second kappa shape index (κ2) is 4.78. The molecule has 88 valence electrons. The van der Waals surface area contributed by atoms with Gasteiger partial charge in [0, 0.05) is 5.69 Å². The quantitative estimate of drug-likeness (QED) is 0.802. The van der Waals surface area contributed by atoms with Crippen LogP contribution in [-0.2, 0) is 0 Å². The molecule has 0 bridgehead atoms. The fraction of sp³-hybridized carbons (Fsp3) is 0.455. The zero-order valence-electron chi connectivity index (χ0n) is 8.51. The van der Waals surface area contributed by atoms with Gasteiger partial charge in [-0.1, -0.05) is 23.2 Å². The van der Waals surface area contributed by atoms with Crippen molar-refractivity contribution in [1.82, 2.24) is 0 Å². The van der Waals surface area contributed by atoms with Gasteiger partial charge in [-0.2, -0.15) is 0 Å². The summed E-state index contributed by atoms with van der Waals surface area (Å²) in [5.41, 5.74) is 0.641. The molecule has 0 spiro atoms. The fourth-order valence-electron chi connectivity index (χ4n) is 1.96. The van der Waals surface area contributed by atoms with Crippen LogP contribution >= 0.6 is 23.2 Å². The number of nitrogens with one attached hydrogen (secondary N) is 1. The summed E-state index contributed by atoms with van der Waals surface area (Å²) in [6.07, 6.45) is 2.32. The highest BCUT2D eigenvalue weighted by atomic mass is 35.5. The van der Waals surface area contributed by atoms with Crippen molar-refractivity contribution in [2.75, 3.05) is 5.32 Å². The average Bonchev–Trinajstić information content (AvgIpc) is 2.61.